The van der Waals surface area contributed by atoms with Crippen LogP contribution in [-0.4, -0.2) is 21.1 Å². The third-order valence-electron chi connectivity index (χ3n) is 3.12. The van der Waals surface area contributed by atoms with Crippen LogP contribution < -0.4 is 0 Å². The van der Waals surface area contributed by atoms with Crippen LogP contribution in [0.2, 0.25) is 20.1 Å². The summed E-state index contributed by atoms with van der Waals surface area (Å²) < 4.78 is 1.74. The second-order valence-electron chi connectivity index (χ2n) is 4.67. The molecule has 122 valence electrons. The Labute approximate surface area is 162 Å². The molecule has 0 fully saturated rings. The first kappa shape index (κ1) is 17.5. The summed E-state index contributed by atoms with van der Waals surface area (Å²) in [7, 11) is 0. The molecule has 2 aromatic carbocycles. The van der Waals surface area contributed by atoms with E-state index >= 15 is 0 Å². The average molecular weight is 418 g/mol. The minimum absolute atomic E-state index is 0.301. The molecule has 1 heterocycles. The second kappa shape index (κ2) is 7.25. The summed E-state index contributed by atoms with van der Waals surface area (Å²) in [5.41, 5.74) is 1.22. The van der Waals surface area contributed by atoms with Crippen LogP contribution in [0.25, 0.3) is 11.4 Å². The fourth-order valence-electron chi connectivity index (χ4n) is 1.99. The molecule has 0 radical (unpaired) electrons. The second-order valence-corrected chi connectivity index (χ2v) is 6.71. The Morgan fingerprint density at radius 1 is 1.04 bits per heavy atom. The standard InChI is InChI=1S/C15H8Cl4N4S/c16-8-4-5-9(13(19)6-8)14-21-22-15(24)23(14)20-7-10-11(17)2-1-3-12(10)18/h1-7H,(H,22,24)/b20-7+. The van der Waals surface area contributed by atoms with Gasteiger partial charge in [-0.2, -0.15) is 14.9 Å². The molecule has 0 saturated heterocycles. The van der Waals surface area contributed by atoms with E-state index < -0.39 is 0 Å². The summed E-state index contributed by atoms with van der Waals surface area (Å²) >= 11 is 29.7. The van der Waals surface area contributed by atoms with E-state index in [4.69, 9.17) is 58.6 Å². The van der Waals surface area contributed by atoms with Crippen LogP contribution in [0.5, 0.6) is 0 Å². The molecule has 4 nitrogen and oxygen atoms in total. The van der Waals surface area contributed by atoms with Gasteiger partial charge in [0, 0.05) is 16.1 Å². The molecule has 0 spiro atoms. The van der Waals surface area contributed by atoms with Crippen LogP contribution >= 0.6 is 58.6 Å². The summed E-state index contributed by atoms with van der Waals surface area (Å²) in [6.07, 6.45) is 1.52. The summed E-state index contributed by atoms with van der Waals surface area (Å²) in [6, 6.07) is 10.3. The Hall–Kier alpha value is -1.37. The van der Waals surface area contributed by atoms with E-state index in [-0.39, 0.29) is 0 Å². The normalized spacial score (nSPS) is 11.3. The van der Waals surface area contributed by atoms with Crippen molar-refractivity contribution in [2.75, 3.05) is 0 Å². The Morgan fingerprint density at radius 3 is 2.42 bits per heavy atom. The highest BCUT2D eigenvalue weighted by Crippen LogP contribution is 2.29. The fraction of sp³-hybridized carbons (Fsp3) is 0. The quantitative estimate of drug-likeness (QED) is 0.413. The van der Waals surface area contributed by atoms with Gasteiger partial charge in [0.15, 0.2) is 5.82 Å². The summed E-state index contributed by atoms with van der Waals surface area (Å²) in [4.78, 5) is 0. The minimum atomic E-state index is 0.301. The van der Waals surface area contributed by atoms with E-state index in [0.717, 1.165) is 0 Å². The zero-order chi connectivity index (χ0) is 17.3. The van der Waals surface area contributed by atoms with Gasteiger partial charge in [-0.25, -0.2) is 5.10 Å². The van der Waals surface area contributed by atoms with Crippen molar-refractivity contribution in [2.24, 2.45) is 5.10 Å². The summed E-state index contributed by atoms with van der Waals surface area (Å²) in [5, 5.41) is 13.1. The highest BCUT2D eigenvalue weighted by Gasteiger charge is 2.12. The largest absolute Gasteiger partial charge is 0.250 e. The van der Waals surface area contributed by atoms with Crippen molar-refractivity contribution >= 4 is 64.8 Å². The topological polar surface area (TPSA) is 46.0 Å². The summed E-state index contributed by atoms with van der Waals surface area (Å²) in [6.45, 7) is 0. The molecular formula is C15H8Cl4N4S. The van der Waals surface area contributed by atoms with Gasteiger partial charge in [-0.3, -0.25) is 0 Å². The molecule has 0 amide bonds. The van der Waals surface area contributed by atoms with Crippen molar-refractivity contribution in [3.8, 4) is 11.4 Å². The van der Waals surface area contributed by atoms with E-state index in [1.165, 1.54) is 10.9 Å². The highest BCUT2D eigenvalue weighted by molar-refractivity contribution is 7.71. The van der Waals surface area contributed by atoms with Crippen molar-refractivity contribution in [1.29, 1.82) is 0 Å². The Morgan fingerprint density at radius 2 is 1.75 bits per heavy atom. The first-order valence-corrected chi connectivity index (χ1v) is 8.50. The van der Waals surface area contributed by atoms with Gasteiger partial charge < -0.3 is 0 Å². The van der Waals surface area contributed by atoms with Gasteiger partial charge in [-0.15, -0.1) is 0 Å². The number of rotatable bonds is 3. The number of benzene rings is 2. The van der Waals surface area contributed by atoms with Gasteiger partial charge in [0.2, 0.25) is 4.77 Å². The maximum atomic E-state index is 6.23. The van der Waals surface area contributed by atoms with E-state index in [1.807, 2.05) is 0 Å². The summed E-state index contributed by atoms with van der Waals surface area (Å²) in [5.74, 6) is 0.445. The van der Waals surface area contributed by atoms with Crippen molar-refractivity contribution in [3.63, 3.8) is 0 Å². The lowest BCUT2D eigenvalue weighted by molar-refractivity contribution is 0.871. The van der Waals surface area contributed by atoms with Gasteiger partial charge >= 0.3 is 0 Å². The van der Waals surface area contributed by atoms with Gasteiger partial charge in [0.25, 0.3) is 0 Å². The molecular weight excluding hydrogens is 410 g/mol. The molecule has 0 unspecified atom stereocenters. The highest BCUT2D eigenvalue weighted by atomic mass is 35.5. The Balaban J connectivity index is 2.09. The Bertz CT molecular complexity index is 973. The third kappa shape index (κ3) is 3.50. The van der Waals surface area contributed by atoms with Crippen LogP contribution in [0.4, 0.5) is 0 Å². The molecule has 0 atom stereocenters. The lowest BCUT2D eigenvalue weighted by Crippen LogP contribution is -1.96. The molecule has 0 bridgehead atoms. The molecule has 1 N–H and O–H groups in total. The van der Waals surface area contributed by atoms with Crippen molar-refractivity contribution in [2.45, 2.75) is 0 Å². The van der Waals surface area contributed by atoms with E-state index in [9.17, 15) is 0 Å². The molecule has 0 aliphatic rings. The SMILES string of the molecule is S=c1[nH]nc(-c2ccc(Cl)cc2Cl)n1/N=C/c1c(Cl)cccc1Cl. The fourth-order valence-corrected chi connectivity index (χ4v) is 3.16. The Kier molecular flexibility index (Phi) is 5.27. The number of hydrogen-bond acceptors (Lipinski definition) is 3. The van der Waals surface area contributed by atoms with E-state index in [2.05, 4.69) is 15.3 Å². The third-order valence-corrected chi connectivity index (χ3v) is 4.60. The van der Waals surface area contributed by atoms with Gasteiger partial charge in [-0.1, -0.05) is 52.5 Å². The van der Waals surface area contributed by atoms with Gasteiger partial charge in [0.1, 0.15) is 0 Å². The number of H-pyrrole nitrogens is 1. The lowest BCUT2D eigenvalue weighted by atomic mass is 10.2. The van der Waals surface area contributed by atoms with Crippen molar-refractivity contribution in [3.05, 3.63) is 66.8 Å². The first-order chi connectivity index (χ1) is 11.5. The average Bonchev–Trinajstić information content (AvgIpc) is 2.88. The van der Waals surface area contributed by atoms with E-state index in [0.29, 0.717) is 41.8 Å². The number of aromatic amines is 1. The van der Waals surface area contributed by atoms with Crippen LogP contribution in [0.3, 0.4) is 0 Å². The van der Waals surface area contributed by atoms with Crippen LogP contribution in [0.15, 0.2) is 41.5 Å². The maximum Gasteiger partial charge on any atom is 0.216 e. The molecule has 0 saturated carbocycles. The molecule has 9 heteroatoms. The zero-order valence-electron chi connectivity index (χ0n) is 11.8. The van der Waals surface area contributed by atoms with Gasteiger partial charge in [0.05, 0.1) is 21.3 Å². The molecule has 24 heavy (non-hydrogen) atoms. The number of nitrogens with zero attached hydrogens (tertiary/aromatic N) is 3. The van der Waals surface area contributed by atoms with Crippen LogP contribution in [-0.2, 0) is 0 Å². The first-order valence-electron chi connectivity index (χ1n) is 6.58. The molecule has 3 rings (SSSR count). The van der Waals surface area contributed by atoms with Crippen LogP contribution in [0.1, 0.15) is 5.56 Å². The predicted molar refractivity (Wildman–Crippen MR) is 102 cm³/mol. The van der Waals surface area contributed by atoms with Crippen LogP contribution in [0, 0.1) is 4.77 Å². The minimum Gasteiger partial charge on any atom is -0.250 e. The molecule has 3 aromatic rings. The van der Waals surface area contributed by atoms with Gasteiger partial charge in [-0.05, 0) is 42.5 Å². The predicted octanol–water partition coefficient (Wildman–Crippen LogP) is 6.10. The van der Waals surface area contributed by atoms with Crippen molar-refractivity contribution < 1.29 is 0 Å². The number of hydrogen-bond donors (Lipinski definition) is 1. The molecule has 0 aliphatic carbocycles. The smallest absolute Gasteiger partial charge is 0.216 e. The number of nitrogens with one attached hydrogen (secondary N) is 1. The molecule has 0 aliphatic heterocycles. The van der Waals surface area contributed by atoms with Crippen molar-refractivity contribution in [1.82, 2.24) is 14.9 Å². The molecule has 1 aromatic heterocycles. The lowest BCUT2D eigenvalue weighted by Gasteiger charge is -2.05. The zero-order valence-corrected chi connectivity index (χ0v) is 15.6. The number of halogens is 4. The number of aromatic nitrogens is 3. The maximum absolute atomic E-state index is 6.23. The van der Waals surface area contributed by atoms with E-state index in [1.54, 1.807) is 36.4 Å². The monoisotopic (exact) mass is 416 g/mol.